The maximum atomic E-state index is 9.76. The minimum atomic E-state index is -0.221. The molecule has 5 heteroatoms. The van der Waals surface area contributed by atoms with Crippen LogP contribution in [0.3, 0.4) is 0 Å². The number of β-amino-alcohol motifs (C(OH)–C–C–N with tert-alkyl or cyclic N) is 1. The third-order valence-corrected chi connectivity index (χ3v) is 3.39. The molecule has 2 heterocycles. The Kier molecular flexibility index (Phi) is 3.81. The van der Waals surface area contributed by atoms with E-state index in [9.17, 15) is 5.11 Å². The van der Waals surface area contributed by atoms with Crippen molar-refractivity contribution in [3.63, 3.8) is 0 Å². The highest BCUT2D eigenvalue weighted by atomic mass is 16.3. The first kappa shape index (κ1) is 12.5. The van der Waals surface area contributed by atoms with E-state index in [0.717, 1.165) is 24.9 Å². The van der Waals surface area contributed by atoms with Crippen LogP contribution >= 0.6 is 0 Å². The van der Waals surface area contributed by atoms with Crippen LogP contribution in [0.25, 0.3) is 0 Å². The fourth-order valence-electron chi connectivity index (χ4n) is 2.68. The van der Waals surface area contributed by atoms with Gasteiger partial charge in [0.1, 0.15) is 0 Å². The van der Waals surface area contributed by atoms with Crippen molar-refractivity contribution in [1.29, 1.82) is 0 Å². The molecule has 3 atom stereocenters. The maximum absolute atomic E-state index is 9.76. The lowest BCUT2D eigenvalue weighted by Crippen LogP contribution is -2.46. The number of aryl methyl sites for hydroxylation is 1. The van der Waals surface area contributed by atoms with E-state index in [1.807, 2.05) is 26.4 Å². The number of aliphatic hydroxyl groups is 1. The van der Waals surface area contributed by atoms with Crippen LogP contribution in [-0.2, 0) is 7.05 Å². The van der Waals surface area contributed by atoms with Gasteiger partial charge < -0.3 is 10.8 Å². The van der Waals surface area contributed by atoms with E-state index in [2.05, 4.69) is 10.00 Å². The van der Waals surface area contributed by atoms with Gasteiger partial charge in [-0.2, -0.15) is 5.10 Å². The third-order valence-electron chi connectivity index (χ3n) is 3.39. The summed E-state index contributed by atoms with van der Waals surface area (Å²) in [6.07, 6.45) is 5.59. The van der Waals surface area contributed by atoms with E-state index >= 15 is 0 Å². The van der Waals surface area contributed by atoms with Crippen LogP contribution in [0.1, 0.15) is 31.4 Å². The molecule has 1 aliphatic heterocycles. The molecule has 5 nitrogen and oxygen atoms in total. The second-order valence-corrected chi connectivity index (χ2v) is 5.04. The molecule has 17 heavy (non-hydrogen) atoms. The Labute approximate surface area is 102 Å². The smallest absolute Gasteiger partial charge is 0.0667 e. The number of rotatable bonds is 3. The van der Waals surface area contributed by atoms with Crippen LogP contribution in [0.15, 0.2) is 12.4 Å². The molecule has 0 bridgehead atoms. The number of aliphatic hydroxyl groups excluding tert-OH is 1. The fraction of sp³-hybridized carbons (Fsp3) is 0.750. The molecule has 1 aromatic rings. The Morgan fingerprint density at radius 2 is 2.35 bits per heavy atom. The summed E-state index contributed by atoms with van der Waals surface area (Å²) < 4.78 is 1.80. The molecule has 3 N–H and O–H groups in total. The van der Waals surface area contributed by atoms with Gasteiger partial charge in [-0.25, -0.2) is 0 Å². The molecule has 0 aromatic carbocycles. The van der Waals surface area contributed by atoms with Crippen molar-refractivity contribution in [1.82, 2.24) is 14.7 Å². The quantitative estimate of drug-likeness (QED) is 0.793. The molecule has 1 aromatic heterocycles. The average molecular weight is 238 g/mol. The van der Waals surface area contributed by atoms with E-state index < -0.39 is 0 Å². The second kappa shape index (κ2) is 5.16. The van der Waals surface area contributed by atoms with Gasteiger partial charge in [0.05, 0.1) is 18.3 Å². The van der Waals surface area contributed by atoms with E-state index in [1.165, 1.54) is 0 Å². The van der Waals surface area contributed by atoms with Gasteiger partial charge in [-0.3, -0.25) is 9.58 Å². The lowest BCUT2D eigenvalue weighted by Gasteiger charge is -2.38. The van der Waals surface area contributed by atoms with Crippen molar-refractivity contribution in [3.05, 3.63) is 18.0 Å². The molecule has 1 saturated heterocycles. The Hall–Kier alpha value is -0.910. The van der Waals surface area contributed by atoms with Gasteiger partial charge in [0.25, 0.3) is 0 Å². The number of hydrogen-bond donors (Lipinski definition) is 2. The summed E-state index contributed by atoms with van der Waals surface area (Å²) in [7, 11) is 1.91. The van der Waals surface area contributed by atoms with Gasteiger partial charge in [-0.15, -0.1) is 0 Å². The zero-order valence-corrected chi connectivity index (χ0v) is 10.6. The average Bonchev–Trinajstić information content (AvgIpc) is 2.64. The fourth-order valence-corrected chi connectivity index (χ4v) is 2.68. The summed E-state index contributed by atoms with van der Waals surface area (Å²) in [6.45, 7) is 3.72. The molecule has 2 rings (SSSR count). The van der Waals surface area contributed by atoms with Crippen molar-refractivity contribution in [2.75, 3.05) is 13.1 Å². The lowest BCUT2D eigenvalue weighted by atomic mass is 9.98. The first-order valence-corrected chi connectivity index (χ1v) is 6.24. The zero-order valence-electron chi connectivity index (χ0n) is 10.6. The molecule has 0 saturated carbocycles. The molecule has 0 radical (unpaired) electrons. The van der Waals surface area contributed by atoms with Gasteiger partial charge in [-0.1, -0.05) is 0 Å². The van der Waals surface area contributed by atoms with Crippen molar-refractivity contribution < 1.29 is 5.11 Å². The largest absolute Gasteiger partial charge is 0.392 e. The monoisotopic (exact) mass is 238 g/mol. The Balaban J connectivity index is 2.17. The molecule has 0 aliphatic carbocycles. The molecular weight excluding hydrogens is 216 g/mol. The van der Waals surface area contributed by atoms with Crippen molar-refractivity contribution >= 4 is 0 Å². The molecule has 0 amide bonds. The summed E-state index contributed by atoms with van der Waals surface area (Å²) in [5.74, 6) is 0. The molecule has 3 unspecified atom stereocenters. The van der Waals surface area contributed by atoms with E-state index in [4.69, 9.17) is 5.73 Å². The first-order valence-electron chi connectivity index (χ1n) is 6.24. The first-order chi connectivity index (χ1) is 8.08. The predicted octanol–water partition coefficient (Wildman–Crippen LogP) is 0.265. The Morgan fingerprint density at radius 1 is 1.59 bits per heavy atom. The van der Waals surface area contributed by atoms with Crippen LogP contribution in [0.5, 0.6) is 0 Å². The number of nitrogens with two attached hydrogens (primary N) is 1. The van der Waals surface area contributed by atoms with Crippen LogP contribution in [0, 0.1) is 0 Å². The van der Waals surface area contributed by atoms with Crippen LogP contribution < -0.4 is 5.73 Å². The van der Waals surface area contributed by atoms with Gasteiger partial charge in [0.15, 0.2) is 0 Å². The van der Waals surface area contributed by atoms with Gasteiger partial charge >= 0.3 is 0 Å². The summed E-state index contributed by atoms with van der Waals surface area (Å²) in [5, 5.41) is 14.0. The van der Waals surface area contributed by atoms with Crippen molar-refractivity contribution in [2.45, 2.75) is 38.0 Å². The number of likely N-dealkylation sites (tertiary alicyclic amines) is 1. The predicted molar refractivity (Wildman–Crippen MR) is 66.4 cm³/mol. The molecule has 1 fully saturated rings. The van der Waals surface area contributed by atoms with Crippen LogP contribution in [0.2, 0.25) is 0 Å². The SMILES string of the molecule is CC(N)C(c1cnn(C)c1)N1CCCC(O)C1. The Bertz CT molecular complexity index is 363. The molecular formula is C12H22N4O. The topological polar surface area (TPSA) is 67.3 Å². The highest BCUT2D eigenvalue weighted by Crippen LogP contribution is 2.26. The number of piperidine rings is 1. The standard InChI is InChI=1S/C12H22N4O/c1-9(13)12(10-6-14-15(2)7-10)16-5-3-4-11(17)8-16/h6-7,9,11-12,17H,3-5,8,13H2,1-2H3. The zero-order chi connectivity index (χ0) is 12.4. The highest BCUT2D eigenvalue weighted by molar-refractivity contribution is 5.13. The van der Waals surface area contributed by atoms with E-state index in [0.29, 0.717) is 6.54 Å². The van der Waals surface area contributed by atoms with Crippen LogP contribution in [0.4, 0.5) is 0 Å². The van der Waals surface area contributed by atoms with Crippen LogP contribution in [-0.4, -0.2) is 45.0 Å². The maximum Gasteiger partial charge on any atom is 0.0667 e. The van der Waals surface area contributed by atoms with E-state index in [1.54, 1.807) is 4.68 Å². The lowest BCUT2D eigenvalue weighted by molar-refractivity contribution is 0.0404. The molecule has 0 spiro atoms. The summed E-state index contributed by atoms with van der Waals surface area (Å²) in [6, 6.07) is 0.183. The third kappa shape index (κ3) is 2.86. The van der Waals surface area contributed by atoms with Gasteiger partial charge in [0.2, 0.25) is 0 Å². The normalized spacial score (nSPS) is 25.8. The van der Waals surface area contributed by atoms with Crippen molar-refractivity contribution in [3.8, 4) is 0 Å². The minimum absolute atomic E-state index is 0.0319. The summed E-state index contributed by atoms with van der Waals surface area (Å²) >= 11 is 0. The van der Waals surface area contributed by atoms with Crippen molar-refractivity contribution in [2.24, 2.45) is 12.8 Å². The van der Waals surface area contributed by atoms with Gasteiger partial charge in [0, 0.05) is 31.4 Å². The number of aromatic nitrogens is 2. The number of hydrogen-bond acceptors (Lipinski definition) is 4. The minimum Gasteiger partial charge on any atom is -0.392 e. The second-order valence-electron chi connectivity index (χ2n) is 5.04. The summed E-state index contributed by atoms with van der Waals surface area (Å²) in [5.41, 5.74) is 7.23. The number of nitrogens with zero attached hydrogens (tertiary/aromatic N) is 3. The highest BCUT2D eigenvalue weighted by Gasteiger charge is 2.29. The molecule has 1 aliphatic rings. The van der Waals surface area contributed by atoms with Gasteiger partial charge in [-0.05, 0) is 26.3 Å². The molecule has 96 valence electrons. The van der Waals surface area contributed by atoms with E-state index in [-0.39, 0.29) is 18.2 Å². The summed E-state index contributed by atoms with van der Waals surface area (Å²) in [4.78, 5) is 2.27. The Morgan fingerprint density at radius 3 is 2.88 bits per heavy atom.